The standard InChI is InChI=1S/C30H26F6N6O/c1-15-7-22-27(29(33)34)41-42(28(22)30(15,35)36)14-25(43)40-24(10-16-8-19(31)12-20(32)9-16)26-21(3-2-6-39-26)17-4-5-23(38)18(11-17)13-37/h2-6,8-9,11-13,15,24,29,37H,7,10,14,38H2,1H3,(H,40,43). The average molecular weight is 601 g/mol. The number of carbonyl (C=O) groups is 1. The van der Waals surface area contributed by atoms with E-state index in [2.05, 4.69) is 15.4 Å². The highest BCUT2D eigenvalue weighted by molar-refractivity contribution is 5.88. The van der Waals surface area contributed by atoms with Crippen LogP contribution in [-0.4, -0.2) is 26.9 Å². The molecule has 13 heteroatoms. The van der Waals surface area contributed by atoms with Gasteiger partial charge in [-0.05, 0) is 54.3 Å². The van der Waals surface area contributed by atoms with Crippen LogP contribution in [0.1, 0.15) is 53.2 Å². The summed E-state index contributed by atoms with van der Waals surface area (Å²) in [6, 6.07) is 10.0. The van der Waals surface area contributed by atoms with E-state index >= 15 is 0 Å². The fourth-order valence-corrected chi connectivity index (χ4v) is 5.41. The Bertz CT molecular complexity index is 1680. The van der Waals surface area contributed by atoms with Crippen LogP contribution in [-0.2, 0) is 30.1 Å². The number of carbonyl (C=O) groups excluding carboxylic acids is 1. The molecule has 2 atom stereocenters. The van der Waals surface area contributed by atoms with E-state index in [4.69, 9.17) is 11.1 Å². The number of pyridine rings is 1. The molecule has 1 aliphatic carbocycles. The van der Waals surface area contributed by atoms with Crippen LogP contribution in [0.2, 0.25) is 0 Å². The van der Waals surface area contributed by atoms with Gasteiger partial charge >= 0.3 is 0 Å². The van der Waals surface area contributed by atoms with E-state index in [1.54, 1.807) is 30.3 Å². The van der Waals surface area contributed by atoms with Gasteiger partial charge in [0.15, 0.2) is 0 Å². The first-order valence-electron chi connectivity index (χ1n) is 13.2. The van der Waals surface area contributed by atoms with E-state index in [0.29, 0.717) is 33.1 Å². The van der Waals surface area contributed by atoms with Crippen LogP contribution in [0.25, 0.3) is 11.1 Å². The van der Waals surface area contributed by atoms with Crippen LogP contribution < -0.4 is 11.1 Å². The molecule has 7 nitrogen and oxygen atoms in total. The van der Waals surface area contributed by atoms with Crippen LogP contribution in [0.4, 0.5) is 32.0 Å². The number of hydrogen-bond acceptors (Lipinski definition) is 5. The molecule has 2 aromatic carbocycles. The highest BCUT2D eigenvalue weighted by Crippen LogP contribution is 2.48. The number of anilines is 1. The maximum absolute atomic E-state index is 15.0. The first kappa shape index (κ1) is 29.8. The monoisotopic (exact) mass is 600 g/mol. The summed E-state index contributed by atoms with van der Waals surface area (Å²) < 4.78 is 86.1. The molecule has 1 amide bonds. The van der Waals surface area contributed by atoms with Gasteiger partial charge in [0.05, 0.1) is 11.7 Å². The number of nitrogens with one attached hydrogen (secondary N) is 2. The van der Waals surface area contributed by atoms with Crippen LogP contribution in [0.3, 0.4) is 0 Å². The Morgan fingerprint density at radius 2 is 1.88 bits per heavy atom. The largest absolute Gasteiger partial charge is 0.398 e. The number of amides is 1. The van der Waals surface area contributed by atoms with Crippen LogP contribution in [0.15, 0.2) is 54.7 Å². The molecule has 224 valence electrons. The predicted molar refractivity (Wildman–Crippen MR) is 147 cm³/mol. The van der Waals surface area contributed by atoms with E-state index in [9.17, 15) is 31.1 Å². The van der Waals surface area contributed by atoms with E-state index in [1.807, 2.05) is 0 Å². The molecule has 0 saturated carbocycles. The third-order valence-corrected chi connectivity index (χ3v) is 7.45. The van der Waals surface area contributed by atoms with Crippen molar-refractivity contribution >= 4 is 17.8 Å². The highest BCUT2D eigenvalue weighted by Gasteiger charge is 2.51. The van der Waals surface area contributed by atoms with Crippen molar-refractivity contribution in [1.82, 2.24) is 20.1 Å². The molecule has 0 bridgehead atoms. The summed E-state index contributed by atoms with van der Waals surface area (Å²) >= 11 is 0. The number of alkyl halides is 4. The number of nitrogen functional groups attached to an aromatic ring is 1. The zero-order valence-corrected chi connectivity index (χ0v) is 22.7. The summed E-state index contributed by atoms with van der Waals surface area (Å²) in [6.45, 7) is 0.422. The summed E-state index contributed by atoms with van der Waals surface area (Å²) in [7, 11) is 0. The summed E-state index contributed by atoms with van der Waals surface area (Å²) in [6.07, 6.45) is -1.08. The van der Waals surface area contributed by atoms with Gasteiger partial charge in [-0.3, -0.25) is 14.5 Å². The molecular formula is C30H26F6N6O. The number of nitrogens with zero attached hydrogens (tertiary/aromatic N) is 3. The maximum Gasteiger partial charge on any atom is 0.292 e. The first-order valence-corrected chi connectivity index (χ1v) is 13.2. The molecule has 2 heterocycles. The lowest BCUT2D eigenvalue weighted by Gasteiger charge is -2.23. The Morgan fingerprint density at radius 1 is 1.16 bits per heavy atom. The van der Waals surface area contributed by atoms with Gasteiger partial charge in [-0.25, -0.2) is 17.6 Å². The fourth-order valence-electron chi connectivity index (χ4n) is 5.41. The van der Waals surface area contributed by atoms with Crippen molar-refractivity contribution in [2.45, 2.75) is 44.7 Å². The Labute approximate surface area is 242 Å². The van der Waals surface area contributed by atoms with E-state index in [1.165, 1.54) is 13.1 Å². The number of fused-ring (bicyclic) bond motifs is 1. The normalized spacial score (nSPS) is 16.2. The van der Waals surface area contributed by atoms with Gasteiger partial charge in [0.25, 0.3) is 12.3 Å². The molecule has 5 rings (SSSR count). The van der Waals surface area contributed by atoms with Crippen molar-refractivity contribution in [3.05, 3.63) is 100 Å². The topological polar surface area (TPSA) is 110 Å². The summed E-state index contributed by atoms with van der Waals surface area (Å²) in [5.74, 6) is -7.30. The van der Waals surface area contributed by atoms with Gasteiger partial charge < -0.3 is 16.5 Å². The molecule has 0 radical (unpaired) electrons. The maximum atomic E-state index is 15.0. The van der Waals surface area contributed by atoms with Crippen molar-refractivity contribution in [2.75, 3.05) is 5.73 Å². The molecule has 2 aromatic heterocycles. The number of nitrogens with two attached hydrogens (primary N) is 1. The van der Waals surface area contributed by atoms with Crippen LogP contribution >= 0.6 is 0 Å². The van der Waals surface area contributed by atoms with Gasteiger partial charge in [0.2, 0.25) is 5.91 Å². The summed E-state index contributed by atoms with van der Waals surface area (Å²) in [5, 5.41) is 14.0. The van der Waals surface area contributed by atoms with Gasteiger partial charge in [-0.2, -0.15) is 13.9 Å². The highest BCUT2D eigenvalue weighted by atomic mass is 19.3. The molecular weight excluding hydrogens is 574 g/mol. The Morgan fingerprint density at radius 3 is 2.56 bits per heavy atom. The third kappa shape index (κ3) is 5.84. The number of halogens is 6. The molecule has 4 aromatic rings. The van der Waals surface area contributed by atoms with E-state index in [0.717, 1.165) is 18.3 Å². The van der Waals surface area contributed by atoms with E-state index in [-0.39, 0.29) is 29.7 Å². The van der Waals surface area contributed by atoms with Crippen molar-refractivity contribution < 1.29 is 31.1 Å². The minimum Gasteiger partial charge on any atom is -0.398 e. The molecule has 2 unspecified atom stereocenters. The smallest absolute Gasteiger partial charge is 0.292 e. The molecule has 4 N–H and O–H groups in total. The lowest BCUT2D eigenvalue weighted by molar-refractivity contribution is -0.123. The lowest BCUT2D eigenvalue weighted by Crippen LogP contribution is -2.35. The first-order chi connectivity index (χ1) is 20.4. The minimum atomic E-state index is -3.48. The molecule has 0 fully saturated rings. The number of aromatic nitrogens is 3. The molecule has 0 saturated heterocycles. The minimum absolute atomic E-state index is 0.163. The lowest BCUT2D eigenvalue weighted by atomic mass is 9.94. The number of hydrogen-bond donors (Lipinski definition) is 3. The van der Waals surface area contributed by atoms with Crippen molar-refractivity contribution in [2.24, 2.45) is 5.92 Å². The molecule has 0 spiro atoms. The zero-order chi connectivity index (χ0) is 31.1. The molecule has 1 aliphatic rings. The SMILES string of the molecule is CC1Cc2c(C(F)F)nn(CC(=O)NC(Cc3cc(F)cc(F)c3)c3ncccc3-c3ccc(N)c(C=N)c3)c2C1(F)F. The molecule has 43 heavy (non-hydrogen) atoms. The second-order valence-corrected chi connectivity index (χ2v) is 10.4. The summed E-state index contributed by atoms with van der Waals surface area (Å²) in [5.41, 5.74) is 6.39. The fraction of sp³-hybridized carbons (Fsp3) is 0.267. The zero-order valence-electron chi connectivity index (χ0n) is 22.7. The Balaban J connectivity index is 1.53. The Kier molecular flexibility index (Phi) is 8.00. The van der Waals surface area contributed by atoms with Crippen molar-refractivity contribution in [1.29, 1.82) is 5.41 Å². The Hall–Kier alpha value is -4.68. The van der Waals surface area contributed by atoms with Gasteiger partial charge in [-0.1, -0.05) is 19.1 Å². The third-order valence-electron chi connectivity index (χ3n) is 7.45. The average Bonchev–Trinajstić information content (AvgIpc) is 3.41. The summed E-state index contributed by atoms with van der Waals surface area (Å²) in [4.78, 5) is 17.8. The van der Waals surface area contributed by atoms with Gasteiger partial charge in [-0.15, -0.1) is 0 Å². The van der Waals surface area contributed by atoms with Crippen molar-refractivity contribution in [3.63, 3.8) is 0 Å². The van der Waals surface area contributed by atoms with Gasteiger partial charge in [0, 0.05) is 46.8 Å². The van der Waals surface area contributed by atoms with Crippen LogP contribution in [0.5, 0.6) is 0 Å². The van der Waals surface area contributed by atoms with Crippen molar-refractivity contribution in [3.8, 4) is 11.1 Å². The van der Waals surface area contributed by atoms with Gasteiger partial charge in [0.1, 0.15) is 29.6 Å². The van der Waals surface area contributed by atoms with E-state index < -0.39 is 59.8 Å². The quantitative estimate of drug-likeness (QED) is 0.122. The number of rotatable bonds is 9. The van der Waals surface area contributed by atoms with Crippen LogP contribution in [0, 0.1) is 23.0 Å². The number of benzene rings is 2. The second-order valence-electron chi connectivity index (χ2n) is 10.4. The molecule has 0 aliphatic heterocycles. The second kappa shape index (κ2) is 11.5. The predicted octanol–water partition coefficient (Wildman–Crippen LogP) is 6.12.